The van der Waals surface area contributed by atoms with Crippen LogP contribution in [0.1, 0.15) is 18.1 Å². The highest BCUT2D eigenvalue weighted by Crippen LogP contribution is 2.31. The van der Waals surface area contributed by atoms with Crippen LogP contribution in [-0.2, 0) is 16.2 Å². The Morgan fingerprint density at radius 3 is 2.43 bits per heavy atom. The van der Waals surface area contributed by atoms with Crippen LogP contribution in [0.3, 0.4) is 0 Å². The van der Waals surface area contributed by atoms with E-state index in [1.807, 2.05) is 65.6 Å². The summed E-state index contributed by atoms with van der Waals surface area (Å²) < 4.78 is 5.81. The number of hydrogen-bond acceptors (Lipinski definition) is 5. The van der Waals surface area contributed by atoms with Gasteiger partial charge < -0.3 is 14.5 Å². The van der Waals surface area contributed by atoms with Crippen LogP contribution in [0.25, 0.3) is 6.08 Å². The van der Waals surface area contributed by atoms with Crippen molar-refractivity contribution in [2.75, 3.05) is 26.2 Å². The lowest BCUT2D eigenvalue weighted by Gasteiger charge is -2.34. The highest BCUT2D eigenvalue weighted by molar-refractivity contribution is 8.18. The molecule has 0 unspecified atom stereocenters. The van der Waals surface area contributed by atoms with E-state index in [-0.39, 0.29) is 11.8 Å². The Bertz CT molecular complexity index is 979. The molecule has 2 aliphatic heterocycles. The Morgan fingerprint density at radius 1 is 1.07 bits per heavy atom. The molecule has 2 aromatic rings. The van der Waals surface area contributed by atoms with Crippen LogP contribution in [0.15, 0.2) is 64.5 Å². The van der Waals surface area contributed by atoms with E-state index in [2.05, 4.69) is 9.89 Å². The van der Waals surface area contributed by atoms with Gasteiger partial charge >= 0.3 is 0 Å². The van der Waals surface area contributed by atoms with Crippen LogP contribution in [0, 0.1) is 0 Å². The topological polar surface area (TPSA) is 62.2 Å². The van der Waals surface area contributed by atoms with E-state index >= 15 is 0 Å². The fourth-order valence-electron chi connectivity index (χ4n) is 3.30. The van der Waals surface area contributed by atoms with Crippen LogP contribution < -0.4 is 4.74 Å². The standard InChI is InChI=1S/C23H23N3O3S/c1-17(27)25-11-13-26(14-12-25)23-24-22(28)21(30-23)15-18-7-9-20(10-8-18)29-16-19-5-3-2-4-6-19/h2-10,15H,11-14,16H2,1H3/b21-15+. The molecule has 6 nitrogen and oxygen atoms in total. The van der Waals surface area contributed by atoms with Gasteiger partial charge in [-0.05, 0) is 41.1 Å². The zero-order chi connectivity index (χ0) is 20.9. The molecule has 1 saturated heterocycles. The van der Waals surface area contributed by atoms with E-state index in [1.54, 1.807) is 6.92 Å². The number of ether oxygens (including phenoxy) is 1. The number of carbonyl (C=O) groups excluding carboxylic acids is 2. The van der Waals surface area contributed by atoms with Gasteiger partial charge in [0.15, 0.2) is 5.17 Å². The number of thioether (sulfide) groups is 1. The van der Waals surface area contributed by atoms with Crippen molar-refractivity contribution in [3.8, 4) is 5.75 Å². The number of rotatable bonds is 4. The monoisotopic (exact) mass is 421 g/mol. The molecule has 0 spiro atoms. The smallest absolute Gasteiger partial charge is 0.286 e. The van der Waals surface area contributed by atoms with Crippen molar-refractivity contribution >= 4 is 34.8 Å². The minimum absolute atomic E-state index is 0.0866. The molecule has 0 radical (unpaired) electrons. The van der Waals surface area contributed by atoms with Gasteiger partial charge in [0.2, 0.25) is 5.91 Å². The van der Waals surface area contributed by atoms with E-state index in [0.29, 0.717) is 37.7 Å². The van der Waals surface area contributed by atoms with Gasteiger partial charge in [0, 0.05) is 33.1 Å². The maximum atomic E-state index is 12.3. The normalized spacial score (nSPS) is 18.0. The van der Waals surface area contributed by atoms with Gasteiger partial charge in [-0.3, -0.25) is 9.59 Å². The first-order valence-electron chi connectivity index (χ1n) is 9.88. The van der Waals surface area contributed by atoms with Gasteiger partial charge in [0.05, 0.1) is 4.91 Å². The summed E-state index contributed by atoms with van der Waals surface area (Å²) in [6.45, 7) is 4.81. The molecule has 7 heteroatoms. The zero-order valence-electron chi connectivity index (χ0n) is 16.8. The summed E-state index contributed by atoms with van der Waals surface area (Å²) in [6, 6.07) is 17.7. The SMILES string of the molecule is CC(=O)N1CCN(C2=NC(=O)/C(=C\c3ccc(OCc4ccccc4)cc3)S2)CC1. The van der Waals surface area contributed by atoms with E-state index in [0.717, 1.165) is 22.0 Å². The molecule has 0 atom stereocenters. The van der Waals surface area contributed by atoms with Gasteiger partial charge in [0.25, 0.3) is 5.91 Å². The highest BCUT2D eigenvalue weighted by atomic mass is 32.2. The first kappa shape index (κ1) is 20.2. The lowest BCUT2D eigenvalue weighted by atomic mass is 10.2. The molecule has 154 valence electrons. The Labute approximate surface area is 180 Å². The van der Waals surface area contributed by atoms with Crippen LogP contribution in [0.5, 0.6) is 5.75 Å². The third-order valence-electron chi connectivity index (χ3n) is 5.03. The van der Waals surface area contributed by atoms with Crippen molar-refractivity contribution in [2.24, 2.45) is 4.99 Å². The number of aliphatic imine (C=N–C) groups is 1. The fourth-order valence-corrected chi connectivity index (χ4v) is 4.26. The minimum Gasteiger partial charge on any atom is -0.489 e. The molecule has 0 bridgehead atoms. The maximum Gasteiger partial charge on any atom is 0.286 e. The van der Waals surface area contributed by atoms with Gasteiger partial charge in [-0.2, -0.15) is 4.99 Å². The maximum absolute atomic E-state index is 12.3. The number of carbonyl (C=O) groups is 2. The number of piperazine rings is 1. The molecule has 2 heterocycles. The molecule has 4 rings (SSSR count). The molecule has 0 N–H and O–H groups in total. The van der Waals surface area contributed by atoms with Crippen molar-refractivity contribution in [2.45, 2.75) is 13.5 Å². The summed E-state index contributed by atoms with van der Waals surface area (Å²) in [5.41, 5.74) is 2.04. The number of nitrogens with zero attached hydrogens (tertiary/aromatic N) is 3. The molecular formula is C23H23N3O3S. The number of benzene rings is 2. The van der Waals surface area contributed by atoms with Crippen molar-refractivity contribution in [1.29, 1.82) is 0 Å². The molecular weight excluding hydrogens is 398 g/mol. The lowest BCUT2D eigenvalue weighted by Crippen LogP contribution is -2.49. The summed E-state index contributed by atoms with van der Waals surface area (Å²) in [4.78, 5) is 32.5. The first-order chi connectivity index (χ1) is 14.6. The minimum atomic E-state index is -0.214. The van der Waals surface area contributed by atoms with Gasteiger partial charge in [-0.1, -0.05) is 42.5 Å². The molecule has 0 saturated carbocycles. The summed E-state index contributed by atoms with van der Waals surface area (Å²) >= 11 is 1.39. The largest absolute Gasteiger partial charge is 0.489 e. The van der Waals surface area contributed by atoms with E-state index in [4.69, 9.17) is 4.74 Å². The van der Waals surface area contributed by atoms with Crippen LogP contribution >= 0.6 is 11.8 Å². The molecule has 30 heavy (non-hydrogen) atoms. The molecule has 2 aliphatic rings. The predicted octanol–water partition coefficient (Wildman–Crippen LogP) is 3.40. The van der Waals surface area contributed by atoms with Crippen molar-refractivity contribution in [3.05, 3.63) is 70.6 Å². The summed E-state index contributed by atoms with van der Waals surface area (Å²) in [5.74, 6) is 0.656. The van der Waals surface area contributed by atoms with E-state index < -0.39 is 0 Å². The second-order valence-corrected chi connectivity index (χ2v) is 8.16. The molecule has 2 amide bonds. The Hall–Kier alpha value is -3.06. The lowest BCUT2D eigenvalue weighted by molar-refractivity contribution is -0.130. The number of hydrogen-bond donors (Lipinski definition) is 0. The Balaban J connectivity index is 1.34. The summed E-state index contributed by atoms with van der Waals surface area (Å²) in [6.07, 6.45) is 1.86. The van der Waals surface area contributed by atoms with Crippen LogP contribution in [-0.4, -0.2) is 53.0 Å². The highest BCUT2D eigenvalue weighted by Gasteiger charge is 2.28. The van der Waals surface area contributed by atoms with Gasteiger partial charge in [-0.25, -0.2) is 0 Å². The summed E-state index contributed by atoms with van der Waals surface area (Å²) in [5, 5.41) is 0.720. The fraction of sp³-hybridized carbons (Fsp3) is 0.261. The molecule has 0 aliphatic carbocycles. The van der Waals surface area contributed by atoms with Crippen LogP contribution in [0.2, 0.25) is 0 Å². The molecule has 0 aromatic heterocycles. The second kappa shape index (κ2) is 9.17. The average Bonchev–Trinajstić information content (AvgIpc) is 3.14. The third-order valence-corrected chi connectivity index (χ3v) is 6.08. The number of amidine groups is 1. The molecule has 2 aromatic carbocycles. The van der Waals surface area contributed by atoms with Crippen molar-refractivity contribution in [1.82, 2.24) is 9.80 Å². The van der Waals surface area contributed by atoms with Crippen molar-refractivity contribution < 1.29 is 14.3 Å². The Morgan fingerprint density at radius 2 is 1.77 bits per heavy atom. The van der Waals surface area contributed by atoms with Crippen molar-refractivity contribution in [3.63, 3.8) is 0 Å². The average molecular weight is 422 g/mol. The van der Waals surface area contributed by atoms with E-state index in [9.17, 15) is 9.59 Å². The predicted molar refractivity (Wildman–Crippen MR) is 119 cm³/mol. The summed E-state index contributed by atoms with van der Waals surface area (Å²) in [7, 11) is 0. The Kier molecular flexibility index (Phi) is 6.18. The van der Waals surface area contributed by atoms with E-state index in [1.165, 1.54) is 11.8 Å². The number of amides is 2. The second-order valence-electron chi connectivity index (χ2n) is 7.15. The van der Waals surface area contributed by atoms with Gasteiger partial charge in [0.1, 0.15) is 12.4 Å². The zero-order valence-corrected chi connectivity index (χ0v) is 17.6. The van der Waals surface area contributed by atoms with Crippen LogP contribution in [0.4, 0.5) is 0 Å². The van der Waals surface area contributed by atoms with Gasteiger partial charge in [-0.15, -0.1) is 0 Å². The third kappa shape index (κ3) is 4.91. The quantitative estimate of drug-likeness (QED) is 0.708. The molecule has 1 fully saturated rings. The first-order valence-corrected chi connectivity index (χ1v) is 10.7.